The summed E-state index contributed by atoms with van der Waals surface area (Å²) in [5.41, 5.74) is 9.23. The number of hydrogen-bond donors (Lipinski definition) is 8. The summed E-state index contributed by atoms with van der Waals surface area (Å²) in [4.78, 5) is 85.1. The van der Waals surface area contributed by atoms with E-state index in [1.807, 2.05) is 134 Å². The van der Waals surface area contributed by atoms with Crippen molar-refractivity contribution < 1.29 is 79.2 Å². The van der Waals surface area contributed by atoms with E-state index in [0.29, 0.717) is 98.2 Å². The van der Waals surface area contributed by atoms with E-state index in [1.54, 1.807) is 106 Å². The Morgan fingerprint density at radius 1 is 0.347 bits per heavy atom. The Kier molecular flexibility index (Phi) is 62.9. The molecule has 538 valence electrons. The van der Waals surface area contributed by atoms with E-state index in [9.17, 15) is 38.4 Å². The van der Waals surface area contributed by atoms with Crippen LogP contribution in [0.3, 0.4) is 0 Å². The van der Waals surface area contributed by atoms with Gasteiger partial charge in [0, 0.05) is 0 Å². The molecule has 8 N–H and O–H groups in total. The minimum absolute atomic E-state index is 0.248. The fourth-order valence-electron chi connectivity index (χ4n) is 6.43. The summed E-state index contributed by atoms with van der Waals surface area (Å²) in [5.74, 6) is -6.39. The molecule has 0 spiro atoms. The molecule has 4 unspecified atom stereocenters. The largest absolute Gasteiger partial charge is 0.481 e. The highest BCUT2D eigenvalue weighted by molar-refractivity contribution is 5.92. The van der Waals surface area contributed by atoms with Gasteiger partial charge in [0.2, 0.25) is 0 Å². The molecule has 0 aliphatic heterocycles. The number of carboxylic acids is 8. The summed E-state index contributed by atoms with van der Waals surface area (Å²) in [6.07, 6.45) is 22.3. The minimum Gasteiger partial charge on any atom is -0.481 e. The van der Waals surface area contributed by atoms with Crippen molar-refractivity contribution in [1.82, 2.24) is 0 Å². The topological polar surface area (TPSA) is 298 Å². The quantitative estimate of drug-likeness (QED) is 0.0188. The molecule has 0 aromatic heterocycles. The minimum atomic E-state index is -0.897. The third-order valence-corrected chi connectivity index (χ3v) is 11.9. The Hall–Kier alpha value is -8.40. The number of aliphatic carboxylic acids is 8. The highest BCUT2D eigenvalue weighted by atomic mass is 16.4. The molecule has 0 bridgehead atoms. The van der Waals surface area contributed by atoms with Crippen LogP contribution in [0.1, 0.15) is 199 Å². The van der Waals surface area contributed by atoms with E-state index in [1.165, 1.54) is 0 Å². The van der Waals surface area contributed by atoms with Crippen LogP contribution in [0.5, 0.6) is 0 Å². The van der Waals surface area contributed by atoms with Crippen molar-refractivity contribution in [3.05, 3.63) is 191 Å². The molecule has 0 rings (SSSR count). The molecule has 4 atom stereocenters. The van der Waals surface area contributed by atoms with Crippen LogP contribution < -0.4 is 0 Å². The number of carboxylic acid groups (broad SMARTS) is 8. The fraction of sp³-hybridized carbons (Fsp3) is 0.494. The highest BCUT2D eigenvalue weighted by Crippen LogP contribution is 2.19. The number of hydrogen-bond acceptors (Lipinski definition) is 8. The molecular weight excluding hydrogens is 1200 g/mol. The average molecular weight is 1330 g/mol. The second kappa shape index (κ2) is 58.2. The number of carbonyl (C=O) groups is 8. The molecule has 0 saturated carbocycles. The summed E-state index contributed by atoms with van der Waals surface area (Å²) in [7, 11) is 0. The van der Waals surface area contributed by atoms with E-state index in [-0.39, 0.29) is 5.92 Å². The smallest absolute Gasteiger partial charge is 0.335 e. The van der Waals surface area contributed by atoms with Gasteiger partial charge >= 0.3 is 47.8 Å². The van der Waals surface area contributed by atoms with Gasteiger partial charge in [0.25, 0.3) is 0 Å². The lowest BCUT2D eigenvalue weighted by Crippen LogP contribution is -2.14. The van der Waals surface area contributed by atoms with Crippen molar-refractivity contribution >= 4 is 47.8 Å². The summed E-state index contributed by atoms with van der Waals surface area (Å²) < 4.78 is 0. The molecule has 0 aromatic carbocycles. The molecule has 0 aliphatic carbocycles. The van der Waals surface area contributed by atoms with Crippen molar-refractivity contribution in [2.45, 2.75) is 199 Å². The van der Waals surface area contributed by atoms with Gasteiger partial charge in [-0.3, -0.25) is 19.2 Å². The average Bonchev–Trinajstić information content (AvgIpc) is 3.20. The molecule has 0 heterocycles. The van der Waals surface area contributed by atoms with Gasteiger partial charge in [0.05, 0.1) is 46.0 Å². The Bertz CT molecular complexity index is 2620. The molecule has 0 radical (unpaired) electrons. The van der Waals surface area contributed by atoms with E-state index in [2.05, 4.69) is 46.1 Å². The van der Waals surface area contributed by atoms with Crippen molar-refractivity contribution in [3.63, 3.8) is 0 Å². The SMILES string of the molecule is C=C(C)/C(=C/C(C)C)C(=O)O.C=C(C)/C(=C\CC(C)C)C(=O)O.C=C(C)C(/C=C/C(C)C)C(=O)O.C=C(C)C(/C=C\C(C)C)C(=O)O.C=C(C)C(CC=C(C)C)C(=O)O.C=C(C)CCC(C(=C)C)C(=O)O.CC(C)=C(/C=C/C(C)C)C(=O)O.CC(C)=C(/C=C\C(C)C)C(=O)O. The van der Waals surface area contributed by atoms with Gasteiger partial charge in [-0.25, -0.2) is 19.2 Å². The monoisotopic (exact) mass is 1330 g/mol. The van der Waals surface area contributed by atoms with E-state index in [4.69, 9.17) is 40.9 Å². The first-order valence-electron chi connectivity index (χ1n) is 31.6. The zero-order chi connectivity index (χ0) is 77.1. The zero-order valence-electron chi connectivity index (χ0n) is 62.7. The lowest BCUT2D eigenvalue weighted by molar-refractivity contribution is -0.141. The van der Waals surface area contributed by atoms with Gasteiger partial charge in [0.15, 0.2) is 0 Å². The Morgan fingerprint density at radius 2 is 0.663 bits per heavy atom. The molecule has 0 aliphatic rings. The Morgan fingerprint density at radius 3 is 0.832 bits per heavy atom. The van der Waals surface area contributed by atoms with Crippen LogP contribution in [0.2, 0.25) is 0 Å². The molecule has 16 heteroatoms. The van der Waals surface area contributed by atoms with Crippen molar-refractivity contribution in [3.8, 4) is 0 Å². The van der Waals surface area contributed by atoms with Crippen molar-refractivity contribution in [2.75, 3.05) is 0 Å². The molecule has 0 amide bonds. The maximum atomic E-state index is 10.7. The summed E-state index contributed by atoms with van der Waals surface area (Å²) >= 11 is 0. The summed E-state index contributed by atoms with van der Waals surface area (Å²) in [6, 6.07) is 0. The first kappa shape index (κ1) is 103. The molecule has 0 saturated heterocycles. The maximum absolute atomic E-state index is 10.7. The maximum Gasteiger partial charge on any atom is 0.335 e. The number of allylic oxidation sites excluding steroid dienone is 11. The van der Waals surface area contributed by atoms with Gasteiger partial charge in [0.1, 0.15) is 0 Å². The predicted molar refractivity (Wildman–Crippen MR) is 395 cm³/mol. The van der Waals surface area contributed by atoms with E-state index >= 15 is 0 Å². The first-order valence-corrected chi connectivity index (χ1v) is 31.6. The van der Waals surface area contributed by atoms with E-state index in [0.717, 1.165) is 35.1 Å². The van der Waals surface area contributed by atoms with Crippen LogP contribution in [-0.4, -0.2) is 88.6 Å². The van der Waals surface area contributed by atoms with Crippen LogP contribution >= 0.6 is 0 Å². The second-order valence-corrected chi connectivity index (χ2v) is 26.0. The van der Waals surface area contributed by atoms with Crippen LogP contribution in [0.4, 0.5) is 0 Å². The van der Waals surface area contributed by atoms with Crippen molar-refractivity contribution in [2.24, 2.45) is 59.2 Å². The molecular formula is C79H126O16. The van der Waals surface area contributed by atoms with Gasteiger partial charge in [-0.1, -0.05) is 234 Å². The lowest BCUT2D eigenvalue weighted by Gasteiger charge is -2.11. The molecule has 95 heavy (non-hydrogen) atoms. The van der Waals surface area contributed by atoms with Gasteiger partial charge in [-0.15, -0.1) is 6.58 Å². The Balaban J connectivity index is -0.000000152. The van der Waals surface area contributed by atoms with E-state index < -0.39 is 71.4 Å². The summed E-state index contributed by atoms with van der Waals surface area (Å²) in [5, 5.41) is 69.9. The summed E-state index contributed by atoms with van der Waals surface area (Å²) in [6.45, 7) is 72.9. The fourth-order valence-corrected chi connectivity index (χ4v) is 6.43. The third-order valence-electron chi connectivity index (χ3n) is 11.9. The molecule has 0 fully saturated rings. The molecule has 16 nitrogen and oxygen atoms in total. The van der Waals surface area contributed by atoms with Crippen LogP contribution in [-0.2, 0) is 38.4 Å². The standard InChI is InChI=1S/7C10H16O2.C9H14O2/c7*1-7(2)5-6-9(8(3)4)10(11)12;1-6(2)5-8(7(3)4)9(10)11/h2*5-7H,1-4H3,(H,11,12);6-7H,3,5H2,1-2,4H3,(H,11,12);5,9H,3,6H2,1-2,4H3,(H,11,12);2*5-7,9H,3H2,1-2,4H3,(H,11,12);9H,1,3,5-6H2,2,4H3,(H,11,12);5-6H,3H2,1-2,4H3,(H,10,11)/b6-5+;6-5-;9-6+;;6-5+;6-5-;;8-5-. The zero-order valence-corrected chi connectivity index (χ0v) is 62.7. The van der Waals surface area contributed by atoms with Gasteiger partial charge in [-0.05, 0) is 162 Å². The molecule has 0 aromatic rings. The Labute approximate surface area is 573 Å². The highest BCUT2D eigenvalue weighted by Gasteiger charge is 2.19. The van der Waals surface area contributed by atoms with Crippen LogP contribution in [0, 0.1) is 59.2 Å². The van der Waals surface area contributed by atoms with Gasteiger partial charge in [-0.2, -0.15) is 0 Å². The van der Waals surface area contributed by atoms with Crippen molar-refractivity contribution in [1.29, 1.82) is 0 Å². The number of rotatable bonds is 30. The lowest BCUT2D eigenvalue weighted by atomic mass is 9.95. The van der Waals surface area contributed by atoms with Crippen LogP contribution in [0.25, 0.3) is 0 Å². The third kappa shape index (κ3) is 66.9. The predicted octanol–water partition coefficient (Wildman–Crippen LogP) is 20.3. The normalized spacial score (nSPS) is 12.1. The first-order chi connectivity index (χ1) is 43.1. The van der Waals surface area contributed by atoms with Gasteiger partial charge < -0.3 is 40.9 Å². The second-order valence-electron chi connectivity index (χ2n) is 26.0. The van der Waals surface area contributed by atoms with Crippen LogP contribution in [0.15, 0.2) is 191 Å².